The zero-order valence-electron chi connectivity index (χ0n) is 14.9. The van der Waals surface area contributed by atoms with Crippen LogP contribution in [0.15, 0.2) is 18.2 Å². The van der Waals surface area contributed by atoms with Crippen LogP contribution in [0, 0.1) is 13.8 Å². The first-order valence-corrected chi connectivity index (χ1v) is 9.49. The fraction of sp³-hybridized carbons (Fsp3) is 0.400. The van der Waals surface area contributed by atoms with Crippen molar-refractivity contribution in [1.82, 2.24) is 0 Å². The van der Waals surface area contributed by atoms with E-state index in [0.717, 1.165) is 36.0 Å². The third-order valence-electron chi connectivity index (χ3n) is 4.50. The highest BCUT2D eigenvalue weighted by Gasteiger charge is 2.28. The number of carbonyl (C=O) groups excluding carboxylic acids is 2. The zero-order chi connectivity index (χ0) is 18.0. The highest BCUT2D eigenvalue weighted by molar-refractivity contribution is 7.17. The number of nitrogens with one attached hydrogen (secondary N) is 1. The monoisotopic (exact) mass is 357 g/mol. The van der Waals surface area contributed by atoms with Crippen molar-refractivity contribution in [2.24, 2.45) is 0 Å². The Morgan fingerprint density at radius 2 is 2.04 bits per heavy atom. The van der Waals surface area contributed by atoms with Crippen LogP contribution in [0.5, 0.6) is 0 Å². The van der Waals surface area contributed by atoms with Crippen molar-refractivity contribution in [3.05, 3.63) is 50.9 Å². The molecule has 1 aromatic heterocycles. The van der Waals surface area contributed by atoms with Crippen molar-refractivity contribution >= 4 is 28.2 Å². The molecule has 1 aromatic carbocycles. The maximum absolute atomic E-state index is 12.5. The molecule has 0 fully saturated rings. The zero-order valence-corrected chi connectivity index (χ0v) is 15.7. The average molecular weight is 357 g/mol. The summed E-state index contributed by atoms with van der Waals surface area (Å²) in [5, 5.41) is 3.59. The Hall–Kier alpha value is -2.14. The molecule has 0 saturated heterocycles. The summed E-state index contributed by atoms with van der Waals surface area (Å²) < 4.78 is 5.20. The molecule has 1 amide bonds. The van der Waals surface area contributed by atoms with Gasteiger partial charge in [0.15, 0.2) is 0 Å². The van der Waals surface area contributed by atoms with E-state index in [0.29, 0.717) is 23.6 Å². The number of rotatable bonds is 5. The maximum atomic E-state index is 12.5. The summed E-state index contributed by atoms with van der Waals surface area (Å²) in [7, 11) is 0. The number of hydrogen-bond acceptors (Lipinski definition) is 4. The minimum Gasteiger partial charge on any atom is -0.462 e. The molecule has 132 valence electrons. The highest BCUT2D eigenvalue weighted by Crippen LogP contribution is 2.39. The molecule has 5 heteroatoms. The average Bonchev–Trinajstić information content (AvgIpc) is 3.10. The van der Waals surface area contributed by atoms with E-state index < -0.39 is 0 Å². The normalized spacial score (nSPS) is 12.8. The molecule has 0 radical (unpaired) electrons. The molecule has 0 unspecified atom stereocenters. The Morgan fingerprint density at radius 3 is 2.76 bits per heavy atom. The van der Waals surface area contributed by atoms with Gasteiger partial charge in [0, 0.05) is 4.88 Å². The lowest BCUT2D eigenvalue weighted by atomic mass is 10.0. The van der Waals surface area contributed by atoms with Crippen molar-refractivity contribution < 1.29 is 14.3 Å². The van der Waals surface area contributed by atoms with Gasteiger partial charge >= 0.3 is 5.97 Å². The maximum Gasteiger partial charge on any atom is 0.341 e. The van der Waals surface area contributed by atoms with Crippen molar-refractivity contribution in [3.63, 3.8) is 0 Å². The smallest absolute Gasteiger partial charge is 0.341 e. The van der Waals surface area contributed by atoms with Crippen LogP contribution in [0.3, 0.4) is 0 Å². The first-order valence-electron chi connectivity index (χ1n) is 8.67. The lowest BCUT2D eigenvalue weighted by Gasteiger charge is -2.09. The van der Waals surface area contributed by atoms with E-state index in [1.165, 1.54) is 21.8 Å². The second kappa shape index (κ2) is 7.40. The van der Waals surface area contributed by atoms with E-state index >= 15 is 0 Å². The predicted octanol–water partition coefficient (Wildman–Crippen LogP) is 4.21. The van der Waals surface area contributed by atoms with Crippen molar-refractivity contribution in [3.8, 4) is 0 Å². The molecule has 2 aromatic rings. The molecule has 3 rings (SSSR count). The second-order valence-electron chi connectivity index (χ2n) is 6.44. The number of ether oxygens (including phenoxy) is 1. The van der Waals surface area contributed by atoms with Gasteiger partial charge in [0.1, 0.15) is 5.00 Å². The fourth-order valence-corrected chi connectivity index (χ4v) is 4.59. The number of thiophene rings is 1. The minimum atomic E-state index is -0.330. The summed E-state index contributed by atoms with van der Waals surface area (Å²) in [4.78, 5) is 26.1. The molecule has 0 saturated carbocycles. The Balaban J connectivity index is 1.80. The molecular weight excluding hydrogens is 334 g/mol. The number of amides is 1. The standard InChI is InChI=1S/C20H23NO3S/c1-4-24-20(23)18-15-6-5-7-16(15)25-19(18)21-17(22)11-14-9-8-12(2)10-13(14)3/h8-10H,4-7,11H2,1-3H3,(H,21,22). The molecular formula is C20H23NO3S. The van der Waals surface area contributed by atoms with Gasteiger partial charge < -0.3 is 10.1 Å². The van der Waals surface area contributed by atoms with Gasteiger partial charge in [0.05, 0.1) is 18.6 Å². The van der Waals surface area contributed by atoms with Crippen LogP contribution >= 0.6 is 11.3 Å². The lowest BCUT2D eigenvalue weighted by Crippen LogP contribution is -2.17. The third kappa shape index (κ3) is 3.76. The van der Waals surface area contributed by atoms with Gasteiger partial charge in [-0.1, -0.05) is 23.8 Å². The summed E-state index contributed by atoms with van der Waals surface area (Å²) in [6, 6.07) is 6.08. The van der Waals surface area contributed by atoms with Crippen molar-refractivity contribution in [2.75, 3.05) is 11.9 Å². The van der Waals surface area contributed by atoms with Crippen molar-refractivity contribution in [2.45, 2.75) is 46.5 Å². The summed E-state index contributed by atoms with van der Waals surface area (Å²) >= 11 is 1.52. The van der Waals surface area contributed by atoms with Gasteiger partial charge in [-0.15, -0.1) is 11.3 Å². The number of carbonyl (C=O) groups is 2. The molecule has 1 aliphatic carbocycles. The SMILES string of the molecule is CCOC(=O)c1c(NC(=O)Cc2ccc(C)cc2C)sc2c1CCC2. The quantitative estimate of drug-likeness (QED) is 0.816. The van der Waals surface area contributed by atoms with Crippen LogP contribution in [0.4, 0.5) is 5.00 Å². The topological polar surface area (TPSA) is 55.4 Å². The second-order valence-corrected chi connectivity index (χ2v) is 7.54. The van der Waals surface area contributed by atoms with E-state index in [-0.39, 0.29) is 11.9 Å². The predicted molar refractivity (Wildman–Crippen MR) is 101 cm³/mol. The summed E-state index contributed by atoms with van der Waals surface area (Å²) in [6.45, 7) is 6.18. The highest BCUT2D eigenvalue weighted by atomic mass is 32.1. The Morgan fingerprint density at radius 1 is 1.24 bits per heavy atom. The largest absolute Gasteiger partial charge is 0.462 e. The number of anilines is 1. The molecule has 0 bridgehead atoms. The van der Waals surface area contributed by atoms with Crippen LogP contribution in [-0.4, -0.2) is 18.5 Å². The van der Waals surface area contributed by atoms with Crippen LogP contribution in [-0.2, 0) is 28.8 Å². The first kappa shape index (κ1) is 17.7. The van der Waals surface area contributed by atoms with E-state index in [1.807, 2.05) is 26.0 Å². The summed E-state index contributed by atoms with van der Waals surface area (Å²) in [5.74, 6) is -0.429. The Bertz CT molecular complexity index is 823. The molecule has 1 N–H and O–H groups in total. The molecule has 1 aliphatic rings. The Kier molecular flexibility index (Phi) is 5.23. The molecule has 0 spiro atoms. The lowest BCUT2D eigenvalue weighted by molar-refractivity contribution is -0.115. The Labute approximate surface area is 152 Å². The van der Waals surface area contributed by atoms with Gasteiger partial charge in [0.2, 0.25) is 5.91 Å². The number of fused-ring (bicyclic) bond motifs is 1. The van der Waals surface area contributed by atoms with Gasteiger partial charge in [-0.2, -0.15) is 0 Å². The van der Waals surface area contributed by atoms with E-state index in [4.69, 9.17) is 4.74 Å². The van der Waals surface area contributed by atoms with Crippen LogP contribution in [0.1, 0.15) is 50.8 Å². The van der Waals surface area contributed by atoms with Crippen LogP contribution in [0.25, 0.3) is 0 Å². The number of esters is 1. The van der Waals surface area contributed by atoms with Gasteiger partial charge in [0.25, 0.3) is 0 Å². The molecule has 4 nitrogen and oxygen atoms in total. The van der Waals surface area contributed by atoms with Gasteiger partial charge in [-0.3, -0.25) is 4.79 Å². The molecule has 0 aliphatic heterocycles. The summed E-state index contributed by atoms with van der Waals surface area (Å²) in [5.41, 5.74) is 4.92. The van der Waals surface area contributed by atoms with Crippen LogP contribution < -0.4 is 5.32 Å². The molecule has 0 atom stereocenters. The van der Waals surface area contributed by atoms with Gasteiger partial charge in [-0.25, -0.2) is 4.79 Å². The fourth-order valence-electron chi connectivity index (χ4n) is 3.30. The number of aryl methyl sites for hydroxylation is 3. The van der Waals surface area contributed by atoms with Gasteiger partial charge in [-0.05, 0) is 56.7 Å². The summed E-state index contributed by atoms with van der Waals surface area (Å²) in [6.07, 6.45) is 3.22. The van der Waals surface area contributed by atoms with E-state index in [1.54, 1.807) is 6.92 Å². The van der Waals surface area contributed by atoms with Crippen molar-refractivity contribution in [1.29, 1.82) is 0 Å². The third-order valence-corrected chi connectivity index (χ3v) is 5.71. The molecule has 25 heavy (non-hydrogen) atoms. The molecule has 1 heterocycles. The minimum absolute atomic E-state index is 0.0996. The van der Waals surface area contributed by atoms with Crippen LogP contribution in [0.2, 0.25) is 0 Å². The van der Waals surface area contributed by atoms with E-state index in [2.05, 4.69) is 11.4 Å². The first-order chi connectivity index (χ1) is 12.0. The number of benzene rings is 1. The van der Waals surface area contributed by atoms with E-state index in [9.17, 15) is 9.59 Å². The number of hydrogen-bond donors (Lipinski definition) is 1.